The van der Waals surface area contributed by atoms with Gasteiger partial charge in [-0.2, -0.15) is 0 Å². The van der Waals surface area contributed by atoms with Gasteiger partial charge in [-0.25, -0.2) is 9.78 Å². The highest BCUT2D eigenvalue weighted by Crippen LogP contribution is 2.30. The van der Waals surface area contributed by atoms with Crippen molar-refractivity contribution >= 4 is 35.1 Å². The Hall–Kier alpha value is -2.05. The van der Waals surface area contributed by atoms with Crippen molar-refractivity contribution in [1.29, 1.82) is 0 Å². The fourth-order valence-electron chi connectivity index (χ4n) is 2.12. The van der Waals surface area contributed by atoms with E-state index in [2.05, 4.69) is 10.3 Å². The highest BCUT2D eigenvalue weighted by Gasteiger charge is 2.32. The van der Waals surface area contributed by atoms with Gasteiger partial charge in [0.2, 0.25) is 5.91 Å². The minimum atomic E-state index is -1.28. The van der Waals surface area contributed by atoms with Crippen molar-refractivity contribution in [2.75, 3.05) is 0 Å². The number of benzene rings is 1. The molecule has 2 rings (SSSR count). The molecule has 1 heterocycles. The van der Waals surface area contributed by atoms with E-state index in [-0.39, 0.29) is 25.2 Å². The predicted molar refractivity (Wildman–Crippen MR) is 94.8 cm³/mol. The maximum atomic E-state index is 12.0. The standard InChI is InChI=1S/C17H18Cl2N2O4/c1-3-17(2,16(23)24)21-14(22)6-7-15-20-9-13(25-15)11-5-4-10(18)8-12(11)19/h4-5,8-9H,3,6-7H2,1-2H3,(H,21,22)(H,23,24). The Kier molecular flexibility index (Phi) is 6.08. The van der Waals surface area contributed by atoms with Crippen molar-refractivity contribution in [3.63, 3.8) is 0 Å². The molecule has 0 spiro atoms. The molecular formula is C17H18Cl2N2O4. The van der Waals surface area contributed by atoms with Crippen LogP contribution in [0.4, 0.5) is 0 Å². The first kappa shape index (κ1) is 19.3. The monoisotopic (exact) mass is 384 g/mol. The van der Waals surface area contributed by atoms with Crippen molar-refractivity contribution < 1.29 is 19.1 Å². The SMILES string of the molecule is CCC(C)(NC(=O)CCc1ncc(-c2ccc(Cl)cc2Cl)o1)C(=O)O. The molecule has 0 aliphatic heterocycles. The minimum Gasteiger partial charge on any atom is -0.480 e. The molecule has 1 aromatic heterocycles. The Morgan fingerprint density at radius 3 is 2.68 bits per heavy atom. The van der Waals surface area contributed by atoms with Gasteiger partial charge in [-0.3, -0.25) is 4.79 Å². The molecule has 134 valence electrons. The smallest absolute Gasteiger partial charge is 0.329 e. The fraction of sp³-hybridized carbons (Fsp3) is 0.353. The normalized spacial score (nSPS) is 13.3. The van der Waals surface area contributed by atoms with Crippen molar-refractivity contribution in [2.24, 2.45) is 0 Å². The summed E-state index contributed by atoms with van der Waals surface area (Å²) in [7, 11) is 0. The summed E-state index contributed by atoms with van der Waals surface area (Å²) in [5.74, 6) is -0.610. The molecule has 0 fully saturated rings. The average Bonchev–Trinajstić information content (AvgIpc) is 3.01. The number of aryl methyl sites for hydroxylation is 1. The van der Waals surface area contributed by atoms with Crippen LogP contribution in [0, 0.1) is 0 Å². The Morgan fingerprint density at radius 1 is 1.36 bits per heavy atom. The molecule has 8 heteroatoms. The van der Waals surface area contributed by atoms with Crippen molar-refractivity contribution in [1.82, 2.24) is 10.3 Å². The average molecular weight is 385 g/mol. The Balaban J connectivity index is 2.00. The number of nitrogens with zero attached hydrogens (tertiary/aromatic N) is 1. The van der Waals surface area contributed by atoms with Gasteiger partial charge in [-0.05, 0) is 31.5 Å². The summed E-state index contributed by atoms with van der Waals surface area (Å²) in [5, 5.41) is 12.7. The summed E-state index contributed by atoms with van der Waals surface area (Å²) in [4.78, 5) is 27.3. The number of hydrogen-bond acceptors (Lipinski definition) is 4. The lowest BCUT2D eigenvalue weighted by Crippen LogP contribution is -2.51. The van der Waals surface area contributed by atoms with Gasteiger partial charge < -0.3 is 14.8 Å². The summed E-state index contributed by atoms with van der Waals surface area (Å²) in [6.45, 7) is 3.17. The molecule has 25 heavy (non-hydrogen) atoms. The number of aliphatic carboxylic acids is 1. The maximum absolute atomic E-state index is 12.0. The van der Waals surface area contributed by atoms with Gasteiger partial charge in [0.15, 0.2) is 11.7 Å². The van der Waals surface area contributed by atoms with Gasteiger partial charge in [0, 0.05) is 23.4 Å². The highest BCUT2D eigenvalue weighted by molar-refractivity contribution is 6.36. The first-order valence-electron chi connectivity index (χ1n) is 7.69. The number of oxazole rings is 1. The minimum absolute atomic E-state index is 0.0666. The van der Waals surface area contributed by atoms with E-state index < -0.39 is 11.5 Å². The third kappa shape index (κ3) is 4.74. The zero-order valence-corrected chi connectivity index (χ0v) is 15.3. The lowest BCUT2D eigenvalue weighted by molar-refractivity contribution is -0.147. The second kappa shape index (κ2) is 7.89. The first-order valence-corrected chi connectivity index (χ1v) is 8.45. The third-order valence-electron chi connectivity index (χ3n) is 3.91. The van der Waals surface area contributed by atoms with Gasteiger partial charge >= 0.3 is 5.97 Å². The van der Waals surface area contributed by atoms with Crippen LogP contribution in [0.5, 0.6) is 0 Å². The zero-order valence-electron chi connectivity index (χ0n) is 13.8. The van der Waals surface area contributed by atoms with Crippen molar-refractivity contribution in [3.05, 3.63) is 40.3 Å². The van der Waals surface area contributed by atoms with Gasteiger partial charge in [-0.1, -0.05) is 30.1 Å². The van der Waals surface area contributed by atoms with Gasteiger partial charge in [0.05, 0.1) is 11.2 Å². The molecule has 0 saturated carbocycles. The second-order valence-electron chi connectivity index (χ2n) is 5.78. The van der Waals surface area contributed by atoms with E-state index in [9.17, 15) is 14.7 Å². The van der Waals surface area contributed by atoms with Crippen molar-refractivity contribution in [2.45, 2.75) is 38.6 Å². The number of nitrogens with one attached hydrogen (secondary N) is 1. The number of carboxylic acids is 1. The summed E-state index contributed by atoms with van der Waals surface area (Å²) in [6, 6.07) is 5.02. The Bertz CT molecular complexity index is 791. The number of aromatic nitrogens is 1. The van der Waals surface area contributed by atoms with E-state index in [1.165, 1.54) is 13.1 Å². The lowest BCUT2D eigenvalue weighted by atomic mass is 9.99. The topological polar surface area (TPSA) is 92.4 Å². The predicted octanol–water partition coefficient (Wildman–Crippen LogP) is 3.95. The number of rotatable bonds is 7. The van der Waals surface area contributed by atoms with E-state index in [1.807, 2.05) is 0 Å². The zero-order chi connectivity index (χ0) is 18.6. The molecule has 1 atom stereocenters. The Labute approximate surface area is 155 Å². The van der Waals surface area contributed by atoms with E-state index in [0.29, 0.717) is 27.3 Å². The van der Waals surface area contributed by atoms with Crippen LogP contribution in [0.25, 0.3) is 11.3 Å². The second-order valence-corrected chi connectivity index (χ2v) is 6.63. The molecule has 0 aliphatic rings. The lowest BCUT2D eigenvalue weighted by Gasteiger charge is -2.24. The largest absolute Gasteiger partial charge is 0.480 e. The van der Waals surface area contributed by atoms with Crippen LogP contribution < -0.4 is 5.32 Å². The number of carbonyl (C=O) groups is 2. The molecule has 0 radical (unpaired) electrons. The number of hydrogen-bond donors (Lipinski definition) is 2. The number of amides is 1. The number of carboxylic acid groups (broad SMARTS) is 1. The number of carbonyl (C=O) groups excluding carboxylic acids is 1. The number of halogens is 2. The molecule has 0 saturated heterocycles. The van der Waals surface area contributed by atoms with E-state index >= 15 is 0 Å². The van der Waals surface area contributed by atoms with E-state index in [4.69, 9.17) is 27.6 Å². The molecule has 0 aliphatic carbocycles. The molecule has 2 aromatic rings. The molecule has 1 amide bonds. The van der Waals surface area contributed by atoms with Crippen molar-refractivity contribution in [3.8, 4) is 11.3 Å². The fourth-order valence-corrected chi connectivity index (χ4v) is 2.63. The highest BCUT2D eigenvalue weighted by atomic mass is 35.5. The summed E-state index contributed by atoms with van der Waals surface area (Å²) in [6.07, 6.45) is 2.12. The van der Waals surface area contributed by atoms with E-state index in [1.54, 1.807) is 25.1 Å². The molecule has 1 aromatic carbocycles. The molecule has 0 bridgehead atoms. The third-order valence-corrected chi connectivity index (χ3v) is 4.46. The van der Waals surface area contributed by atoms with Crippen LogP contribution in [0.15, 0.2) is 28.8 Å². The van der Waals surface area contributed by atoms with Crippen LogP contribution in [-0.4, -0.2) is 27.5 Å². The Morgan fingerprint density at radius 2 is 2.08 bits per heavy atom. The summed E-state index contributed by atoms with van der Waals surface area (Å²) < 4.78 is 5.61. The van der Waals surface area contributed by atoms with Crippen LogP contribution in [0.3, 0.4) is 0 Å². The van der Waals surface area contributed by atoms with Crippen LogP contribution in [-0.2, 0) is 16.0 Å². The van der Waals surface area contributed by atoms with Gasteiger partial charge in [0.25, 0.3) is 0 Å². The summed E-state index contributed by atoms with van der Waals surface area (Å²) in [5.41, 5.74) is -0.630. The van der Waals surface area contributed by atoms with Crippen LogP contribution >= 0.6 is 23.2 Å². The van der Waals surface area contributed by atoms with E-state index in [0.717, 1.165) is 0 Å². The molecule has 1 unspecified atom stereocenters. The maximum Gasteiger partial charge on any atom is 0.329 e. The first-order chi connectivity index (χ1) is 11.7. The quantitative estimate of drug-likeness (QED) is 0.753. The molecular weight excluding hydrogens is 367 g/mol. The van der Waals surface area contributed by atoms with Crippen LogP contribution in [0.2, 0.25) is 10.0 Å². The molecule has 6 nitrogen and oxygen atoms in total. The van der Waals surface area contributed by atoms with Gasteiger partial charge in [-0.15, -0.1) is 0 Å². The van der Waals surface area contributed by atoms with Crippen LogP contribution in [0.1, 0.15) is 32.6 Å². The molecule has 2 N–H and O–H groups in total. The summed E-state index contributed by atoms with van der Waals surface area (Å²) >= 11 is 12.0. The van der Waals surface area contributed by atoms with Gasteiger partial charge in [0.1, 0.15) is 5.54 Å².